The third-order valence-corrected chi connectivity index (χ3v) is 4.49. The molecule has 0 aliphatic rings. The minimum absolute atomic E-state index is 0.310. The Morgan fingerprint density at radius 2 is 1.83 bits per heavy atom. The van der Waals surface area contributed by atoms with Crippen molar-refractivity contribution in [1.29, 1.82) is 0 Å². The van der Waals surface area contributed by atoms with Crippen LogP contribution in [0.5, 0.6) is 11.5 Å². The summed E-state index contributed by atoms with van der Waals surface area (Å²) in [4.78, 5) is 4.90. The van der Waals surface area contributed by atoms with E-state index in [9.17, 15) is 13.2 Å². The zero-order valence-electron chi connectivity index (χ0n) is 16.3. The summed E-state index contributed by atoms with van der Waals surface area (Å²) in [5, 5.41) is 8.92. The first kappa shape index (κ1) is 22.0. The van der Waals surface area contributed by atoms with Gasteiger partial charge in [0.2, 0.25) is 0 Å². The monoisotopic (exact) mass is 439 g/mol. The molecular formula is C20H20F3N3O3S. The van der Waals surface area contributed by atoms with Gasteiger partial charge in [0.25, 0.3) is 0 Å². The minimum atomic E-state index is -4.58. The third-order valence-electron chi connectivity index (χ3n) is 4.35. The number of aryl methyl sites for hydroxylation is 1. The lowest BCUT2D eigenvalue weighted by Gasteiger charge is -2.12. The number of ether oxygens (including phenoxy) is 1. The van der Waals surface area contributed by atoms with Crippen LogP contribution in [0.3, 0.4) is 0 Å². The van der Waals surface area contributed by atoms with Crippen LogP contribution in [-0.4, -0.2) is 16.9 Å². The summed E-state index contributed by atoms with van der Waals surface area (Å²) in [6, 6.07) is 12.6. The third kappa shape index (κ3) is 4.89. The highest BCUT2D eigenvalue weighted by molar-refractivity contribution is 7.92. The molecule has 0 aliphatic carbocycles. The Balaban J connectivity index is 2.08. The smallest absolute Gasteiger partial charge is 0.435 e. The molecule has 0 aliphatic heterocycles. The average Bonchev–Trinajstić information content (AvgIpc) is 3.19. The topological polar surface area (TPSA) is 71.5 Å². The number of nitrogens with two attached hydrogens (primary N) is 1. The van der Waals surface area contributed by atoms with E-state index in [0.29, 0.717) is 40.7 Å². The first-order valence-corrected chi connectivity index (χ1v) is 9.83. The predicted molar refractivity (Wildman–Crippen MR) is 108 cm³/mol. The standard InChI is InChI=1S/C20H20F3N3O3S/c1-3-4-14-11-13(5-10-18(14)27-2)17-12-19(20(21,22)23)25-26(17)15-6-8-16(9-7-15)28-29-30-24/h5-12H,3-4,24H2,1-2H3. The molecule has 3 aromatic rings. The van der Waals surface area contributed by atoms with Crippen molar-refractivity contribution in [1.82, 2.24) is 9.78 Å². The molecule has 2 N–H and O–H groups in total. The maximum atomic E-state index is 13.4. The van der Waals surface area contributed by atoms with E-state index in [1.54, 1.807) is 43.5 Å². The van der Waals surface area contributed by atoms with E-state index in [1.807, 2.05) is 13.0 Å². The van der Waals surface area contributed by atoms with Crippen LogP contribution < -0.4 is 14.8 Å². The van der Waals surface area contributed by atoms with Crippen LogP contribution in [-0.2, 0) is 16.9 Å². The molecule has 2 aromatic carbocycles. The van der Waals surface area contributed by atoms with E-state index in [1.165, 1.54) is 4.68 Å². The maximum Gasteiger partial charge on any atom is 0.435 e. The molecule has 0 radical (unpaired) electrons. The molecule has 3 rings (SSSR count). The fourth-order valence-corrected chi connectivity index (χ4v) is 3.14. The van der Waals surface area contributed by atoms with Crippen molar-refractivity contribution >= 4 is 12.2 Å². The lowest BCUT2D eigenvalue weighted by atomic mass is 10.0. The van der Waals surface area contributed by atoms with Crippen LogP contribution in [0.1, 0.15) is 24.6 Å². The molecule has 30 heavy (non-hydrogen) atoms. The largest absolute Gasteiger partial charge is 0.496 e. The number of methoxy groups -OCH3 is 1. The van der Waals surface area contributed by atoms with Crippen LogP contribution >= 0.6 is 12.2 Å². The Labute approximate surface area is 176 Å². The molecule has 6 nitrogen and oxygen atoms in total. The quantitative estimate of drug-likeness (QED) is 0.221. The highest BCUT2D eigenvalue weighted by Crippen LogP contribution is 2.35. The summed E-state index contributed by atoms with van der Waals surface area (Å²) in [5.74, 6) is 1.04. The normalized spacial score (nSPS) is 11.5. The Bertz CT molecular complexity index is 991. The molecule has 160 valence electrons. The fraction of sp³-hybridized carbons (Fsp3) is 0.250. The SMILES string of the molecule is CCCc1cc(-c2cc(C(F)(F)F)nn2-c2ccc(OOSN)cc2)ccc1OC. The van der Waals surface area contributed by atoms with Crippen molar-refractivity contribution in [3.63, 3.8) is 0 Å². The fourth-order valence-electron chi connectivity index (χ4n) is 3.03. The highest BCUT2D eigenvalue weighted by Gasteiger charge is 2.35. The van der Waals surface area contributed by atoms with Gasteiger partial charge in [0, 0.05) is 5.56 Å². The van der Waals surface area contributed by atoms with Crippen molar-refractivity contribution in [2.75, 3.05) is 7.11 Å². The molecule has 0 spiro atoms. The molecule has 10 heteroatoms. The van der Waals surface area contributed by atoms with Crippen LogP contribution in [0, 0.1) is 0 Å². The zero-order chi connectivity index (χ0) is 21.7. The van der Waals surface area contributed by atoms with Gasteiger partial charge in [-0.05, 0) is 60.5 Å². The van der Waals surface area contributed by atoms with Crippen LogP contribution in [0.4, 0.5) is 13.2 Å². The number of rotatable bonds is 8. The summed E-state index contributed by atoms with van der Waals surface area (Å²) in [5.41, 5.74) is 1.28. The van der Waals surface area contributed by atoms with Gasteiger partial charge in [0.05, 0.1) is 18.5 Å². The summed E-state index contributed by atoms with van der Waals surface area (Å²) in [6.07, 6.45) is -2.96. The Hall–Kier alpha value is -2.69. The summed E-state index contributed by atoms with van der Waals surface area (Å²) in [7, 11) is 1.57. The molecule has 0 fully saturated rings. The molecule has 0 bridgehead atoms. The molecular weight excluding hydrogens is 419 g/mol. The van der Waals surface area contributed by atoms with Gasteiger partial charge in [-0.1, -0.05) is 17.7 Å². The summed E-state index contributed by atoms with van der Waals surface area (Å²) < 4.78 is 51.4. The molecule has 0 unspecified atom stereocenters. The number of aromatic nitrogens is 2. The van der Waals surface area contributed by atoms with Gasteiger partial charge < -0.3 is 9.62 Å². The van der Waals surface area contributed by atoms with Crippen molar-refractivity contribution in [3.8, 4) is 28.4 Å². The molecule has 1 aromatic heterocycles. The van der Waals surface area contributed by atoms with Gasteiger partial charge in [-0.15, -0.1) is 0 Å². The number of benzene rings is 2. The summed E-state index contributed by atoms with van der Waals surface area (Å²) >= 11 is 0.536. The van der Waals surface area contributed by atoms with E-state index in [2.05, 4.69) is 9.43 Å². The number of nitrogens with zero attached hydrogens (tertiary/aromatic N) is 2. The molecule has 0 amide bonds. The van der Waals surface area contributed by atoms with Gasteiger partial charge >= 0.3 is 6.18 Å². The number of hydrogen-bond donors (Lipinski definition) is 1. The second-order valence-electron chi connectivity index (χ2n) is 6.34. The Morgan fingerprint density at radius 3 is 2.43 bits per heavy atom. The van der Waals surface area contributed by atoms with Crippen molar-refractivity contribution in [2.45, 2.75) is 25.9 Å². The predicted octanol–water partition coefficient (Wildman–Crippen LogP) is 5.35. The Morgan fingerprint density at radius 1 is 1.10 bits per heavy atom. The molecule has 0 saturated heterocycles. The number of hydrogen-bond acceptors (Lipinski definition) is 6. The molecule has 1 heterocycles. The lowest BCUT2D eigenvalue weighted by molar-refractivity contribution is -0.141. The van der Waals surface area contributed by atoms with Gasteiger partial charge in [0.1, 0.15) is 18.0 Å². The zero-order valence-corrected chi connectivity index (χ0v) is 17.1. The second-order valence-corrected chi connectivity index (χ2v) is 6.67. The average molecular weight is 439 g/mol. The molecule has 0 atom stereocenters. The van der Waals surface area contributed by atoms with E-state index in [4.69, 9.17) is 14.8 Å². The van der Waals surface area contributed by atoms with Gasteiger partial charge in [0.15, 0.2) is 11.4 Å². The van der Waals surface area contributed by atoms with Crippen LogP contribution in [0.2, 0.25) is 0 Å². The first-order chi connectivity index (χ1) is 14.4. The van der Waals surface area contributed by atoms with Crippen molar-refractivity contribution in [3.05, 3.63) is 59.8 Å². The van der Waals surface area contributed by atoms with E-state index < -0.39 is 11.9 Å². The van der Waals surface area contributed by atoms with E-state index >= 15 is 0 Å². The molecule has 0 saturated carbocycles. The second kappa shape index (κ2) is 9.41. The van der Waals surface area contributed by atoms with Gasteiger partial charge in [-0.2, -0.15) is 18.3 Å². The Kier molecular flexibility index (Phi) is 6.91. The van der Waals surface area contributed by atoms with Crippen LogP contribution in [0.25, 0.3) is 16.9 Å². The van der Waals surface area contributed by atoms with Gasteiger partial charge in [-0.3, -0.25) is 5.14 Å². The summed E-state index contributed by atoms with van der Waals surface area (Å²) in [6.45, 7) is 2.02. The van der Waals surface area contributed by atoms with Crippen molar-refractivity contribution < 1.29 is 27.1 Å². The number of halogens is 3. The van der Waals surface area contributed by atoms with Gasteiger partial charge in [-0.25, -0.2) is 4.68 Å². The highest BCUT2D eigenvalue weighted by atomic mass is 32.2. The number of alkyl halides is 3. The van der Waals surface area contributed by atoms with Crippen molar-refractivity contribution in [2.24, 2.45) is 5.14 Å². The minimum Gasteiger partial charge on any atom is -0.496 e. The maximum absolute atomic E-state index is 13.4. The first-order valence-electron chi connectivity index (χ1n) is 9.02. The van der Waals surface area contributed by atoms with E-state index in [0.717, 1.165) is 24.5 Å². The lowest BCUT2D eigenvalue weighted by Crippen LogP contribution is -2.07. The van der Waals surface area contributed by atoms with Crippen LogP contribution in [0.15, 0.2) is 48.5 Å². The van der Waals surface area contributed by atoms with E-state index in [-0.39, 0.29) is 0 Å².